The molecule has 0 bridgehead atoms. The van der Waals surface area contributed by atoms with Gasteiger partial charge in [-0.1, -0.05) is 6.42 Å². The number of hydrogen-bond acceptors (Lipinski definition) is 5. The van der Waals surface area contributed by atoms with Gasteiger partial charge >= 0.3 is 0 Å². The maximum Gasteiger partial charge on any atom is 0.178 e. The Morgan fingerprint density at radius 1 is 1.29 bits per heavy atom. The summed E-state index contributed by atoms with van der Waals surface area (Å²) in [7, 11) is 0. The maximum atomic E-state index is 4.64. The highest BCUT2D eigenvalue weighted by atomic mass is 79.9. The second-order valence-corrected chi connectivity index (χ2v) is 8.60. The molecule has 0 radical (unpaired) electrons. The Balaban J connectivity index is 1.49. The van der Waals surface area contributed by atoms with Crippen LogP contribution in [-0.4, -0.2) is 34.1 Å². The largest absolute Gasteiger partial charge is 0.336 e. The maximum absolute atomic E-state index is 4.64. The van der Waals surface area contributed by atoms with Gasteiger partial charge in [0.2, 0.25) is 0 Å². The normalized spacial score (nSPS) is 18.3. The second-order valence-electron chi connectivity index (χ2n) is 6.14. The summed E-state index contributed by atoms with van der Waals surface area (Å²) in [5, 5.41) is 7.15. The fourth-order valence-electron chi connectivity index (χ4n) is 3.15. The fraction of sp³-hybridized carbons (Fsp3) is 0.412. The van der Waals surface area contributed by atoms with Crippen molar-refractivity contribution in [3.63, 3.8) is 0 Å². The highest BCUT2D eigenvalue weighted by Gasteiger charge is 2.13. The molecule has 0 saturated carbocycles. The molecule has 7 heteroatoms. The molecule has 3 N–H and O–H groups in total. The first-order chi connectivity index (χ1) is 11.8. The Hall–Kier alpha value is -1.28. The van der Waals surface area contributed by atoms with Crippen molar-refractivity contribution in [2.24, 2.45) is 0 Å². The Kier molecular flexibility index (Phi) is 4.93. The first-order valence-electron chi connectivity index (χ1n) is 8.33. The summed E-state index contributed by atoms with van der Waals surface area (Å²) < 4.78 is 1.10. The molecule has 3 aromatic heterocycles. The highest BCUT2D eigenvalue weighted by Crippen LogP contribution is 2.30. The summed E-state index contributed by atoms with van der Waals surface area (Å²) in [5.41, 5.74) is 3.02. The van der Waals surface area contributed by atoms with E-state index in [9.17, 15) is 0 Å². The number of piperidine rings is 1. The smallest absolute Gasteiger partial charge is 0.178 e. The monoisotopic (exact) mass is 405 g/mol. The minimum absolute atomic E-state index is 0.594. The summed E-state index contributed by atoms with van der Waals surface area (Å²) >= 11 is 5.17. The minimum atomic E-state index is 0.594. The van der Waals surface area contributed by atoms with Crippen LogP contribution in [0.25, 0.3) is 21.9 Å². The predicted octanol–water partition coefficient (Wildman–Crippen LogP) is 3.68. The third kappa shape index (κ3) is 3.54. The Labute approximate surface area is 153 Å². The fourth-order valence-corrected chi connectivity index (χ4v) is 4.48. The first-order valence-corrected chi connectivity index (χ1v) is 9.94. The third-order valence-electron chi connectivity index (χ3n) is 4.40. The minimum Gasteiger partial charge on any atom is -0.336 e. The summed E-state index contributed by atoms with van der Waals surface area (Å²) in [6, 6.07) is 6.77. The molecule has 5 nitrogen and oxygen atoms in total. The van der Waals surface area contributed by atoms with Crippen LogP contribution in [0.3, 0.4) is 0 Å². The van der Waals surface area contributed by atoms with Gasteiger partial charge in [0.1, 0.15) is 0 Å². The number of nitrogens with one attached hydrogen (secondary N) is 3. The Morgan fingerprint density at radius 2 is 2.25 bits per heavy atom. The van der Waals surface area contributed by atoms with Crippen LogP contribution in [0, 0.1) is 0 Å². The van der Waals surface area contributed by atoms with E-state index in [0.717, 1.165) is 45.3 Å². The van der Waals surface area contributed by atoms with E-state index in [1.54, 1.807) is 11.3 Å². The molecule has 1 fully saturated rings. The molecule has 4 rings (SSSR count). The Bertz CT molecular complexity index is 821. The number of fused-ring (bicyclic) bond motifs is 1. The highest BCUT2D eigenvalue weighted by molar-refractivity contribution is 9.11. The lowest BCUT2D eigenvalue weighted by Crippen LogP contribution is -2.41. The van der Waals surface area contributed by atoms with Crippen LogP contribution in [0.4, 0.5) is 0 Å². The van der Waals surface area contributed by atoms with Gasteiger partial charge in [-0.3, -0.25) is 0 Å². The molecule has 0 aliphatic carbocycles. The van der Waals surface area contributed by atoms with E-state index in [1.807, 2.05) is 12.3 Å². The number of aromatic amines is 1. The topological polar surface area (TPSA) is 65.6 Å². The molecular weight excluding hydrogens is 386 g/mol. The first kappa shape index (κ1) is 16.2. The van der Waals surface area contributed by atoms with Gasteiger partial charge in [0, 0.05) is 25.3 Å². The van der Waals surface area contributed by atoms with Crippen LogP contribution in [-0.2, 0) is 6.54 Å². The zero-order valence-electron chi connectivity index (χ0n) is 13.3. The standard InChI is InChI=1S/C17H20BrN5S/c18-14-5-4-13(24-14)16-22-15-11(6-8-21-17(15)23-16)9-19-10-12-3-1-2-7-20-12/h4-6,8,12,19-20H,1-3,7,9-10H2,(H,21,22,23). The van der Waals surface area contributed by atoms with E-state index < -0.39 is 0 Å². The van der Waals surface area contributed by atoms with Gasteiger partial charge in [-0.25, -0.2) is 9.97 Å². The van der Waals surface area contributed by atoms with Gasteiger partial charge < -0.3 is 15.6 Å². The number of halogens is 1. The van der Waals surface area contributed by atoms with E-state index in [0.29, 0.717) is 6.04 Å². The number of imidazole rings is 1. The van der Waals surface area contributed by atoms with Crippen LogP contribution in [0.15, 0.2) is 28.2 Å². The van der Waals surface area contributed by atoms with Crippen LogP contribution < -0.4 is 10.6 Å². The van der Waals surface area contributed by atoms with Crippen molar-refractivity contribution in [1.82, 2.24) is 25.6 Å². The molecule has 0 amide bonds. The second kappa shape index (κ2) is 7.31. The molecule has 4 heterocycles. The SMILES string of the molecule is Brc1ccc(-c2nc3nccc(CNCC4CCCCN4)c3[nH]2)s1. The molecule has 1 saturated heterocycles. The van der Waals surface area contributed by atoms with Crippen molar-refractivity contribution < 1.29 is 0 Å². The lowest BCUT2D eigenvalue weighted by molar-refractivity contribution is 0.383. The van der Waals surface area contributed by atoms with Crippen LogP contribution >= 0.6 is 27.3 Å². The Morgan fingerprint density at radius 3 is 3.04 bits per heavy atom. The number of H-pyrrole nitrogens is 1. The van der Waals surface area contributed by atoms with Crippen molar-refractivity contribution in [1.29, 1.82) is 0 Å². The predicted molar refractivity (Wildman–Crippen MR) is 102 cm³/mol. The van der Waals surface area contributed by atoms with Crippen LogP contribution in [0.1, 0.15) is 24.8 Å². The van der Waals surface area contributed by atoms with Gasteiger partial charge in [-0.05, 0) is 59.1 Å². The summed E-state index contributed by atoms with van der Waals surface area (Å²) in [6.45, 7) is 2.97. The number of pyridine rings is 1. The van der Waals surface area contributed by atoms with Crippen molar-refractivity contribution in [2.45, 2.75) is 31.8 Å². The van der Waals surface area contributed by atoms with Crippen molar-refractivity contribution in [2.75, 3.05) is 13.1 Å². The summed E-state index contributed by atoms with van der Waals surface area (Å²) in [6.07, 6.45) is 5.74. The van der Waals surface area contributed by atoms with E-state index >= 15 is 0 Å². The van der Waals surface area contributed by atoms with E-state index in [4.69, 9.17) is 0 Å². The van der Waals surface area contributed by atoms with Crippen LogP contribution in [0.2, 0.25) is 0 Å². The average Bonchev–Trinajstić information content (AvgIpc) is 3.22. The number of rotatable bonds is 5. The number of nitrogens with zero attached hydrogens (tertiary/aromatic N) is 2. The average molecular weight is 406 g/mol. The van der Waals surface area contributed by atoms with E-state index in [1.165, 1.54) is 24.8 Å². The molecule has 0 spiro atoms. The van der Waals surface area contributed by atoms with Gasteiger partial charge in [-0.15, -0.1) is 11.3 Å². The molecule has 1 aliphatic heterocycles. The molecular formula is C17H20BrN5S. The zero-order chi connectivity index (χ0) is 16.4. The number of aromatic nitrogens is 3. The molecule has 0 aromatic carbocycles. The lowest BCUT2D eigenvalue weighted by Gasteiger charge is -2.23. The third-order valence-corrected chi connectivity index (χ3v) is 6.03. The molecule has 3 aromatic rings. The molecule has 24 heavy (non-hydrogen) atoms. The van der Waals surface area contributed by atoms with E-state index in [2.05, 4.69) is 53.6 Å². The van der Waals surface area contributed by atoms with Gasteiger partial charge in [0.25, 0.3) is 0 Å². The van der Waals surface area contributed by atoms with Gasteiger partial charge in [0.05, 0.1) is 14.2 Å². The van der Waals surface area contributed by atoms with Gasteiger partial charge in [0.15, 0.2) is 11.5 Å². The molecule has 126 valence electrons. The summed E-state index contributed by atoms with van der Waals surface area (Å²) in [4.78, 5) is 13.6. The lowest BCUT2D eigenvalue weighted by atomic mass is 10.1. The van der Waals surface area contributed by atoms with Gasteiger partial charge in [-0.2, -0.15) is 0 Å². The zero-order valence-corrected chi connectivity index (χ0v) is 15.7. The quantitative estimate of drug-likeness (QED) is 0.605. The van der Waals surface area contributed by atoms with E-state index in [-0.39, 0.29) is 0 Å². The number of hydrogen-bond donors (Lipinski definition) is 3. The molecule has 1 aliphatic rings. The molecule has 1 atom stereocenters. The van der Waals surface area contributed by atoms with Crippen molar-refractivity contribution in [3.05, 3.63) is 33.7 Å². The van der Waals surface area contributed by atoms with Crippen molar-refractivity contribution >= 4 is 38.4 Å². The number of thiophene rings is 1. The van der Waals surface area contributed by atoms with Crippen LogP contribution in [0.5, 0.6) is 0 Å². The summed E-state index contributed by atoms with van der Waals surface area (Å²) in [5.74, 6) is 0.884. The van der Waals surface area contributed by atoms with Crippen molar-refractivity contribution in [3.8, 4) is 10.7 Å². The molecule has 1 unspecified atom stereocenters.